The quantitative estimate of drug-likeness (QED) is 0.862. The molecule has 24 heavy (non-hydrogen) atoms. The fourth-order valence-electron chi connectivity index (χ4n) is 3.75. The zero-order valence-electron chi connectivity index (χ0n) is 13.4. The van der Waals surface area contributed by atoms with E-state index in [0.717, 1.165) is 18.7 Å². The van der Waals surface area contributed by atoms with Crippen LogP contribution in [0.3, 0.4) is 0 Å². The summed E-state index contributed by atoms with van der Waals surface area (Å²) < 4.78 is 11.0. The SMILES string of the molecule is COC[C@@H]1[C@@H](NC(=O)c2cc(-c3ccccn3)n[nH]2)[C@@H]2CCO[C@H]12. The Morgan fingerprint density at radius 3 is 3.17 bits per heavy atom. The van der Waals surface area contributed by atoms with E-state index < -0.39 is 0 Å². The van der Waals surface area contributed by atoms with Crippen LogP contribution in [0.25, 0.3) is 11.4 Å². The van der Waals surface area contributed by atoms with E-state index in [0.29, 0.717) is 23.9 Å². The molecule has 1 amide bonds. The Balaban J connectivity index is 1.46. The van der Waals surface area contributed by atoms with E-state index in [2.05, 4.69) is 20.5 Å². The van der Waals surface area contributed by atoms with Crippen LogP contribution >= 0.6 is 0 Å². The first-order valence-electron chi connectivity index (χ1n) is 8.16. The van der Waals surface area contributed by atoms with Gasteiger partial charge in [-0.3, -0.25) is 14.9 Å². The van der Waals surface area contributed by atoms with Gasteiger partial charge in [0.15, 0.2) is 0 Å². The maximum atomic E-state index is 12.5. The molecule has 3 heterocycles. The van der Waals surface area contributed by atoms with Crippen molar-refractivity contribution in [3.63, 3.8) is 0 Å². The number of methoxy groups -OCH3 is 1. The van der Waals surface area contributed by atoms with Crippen LogP contribution in [0.15, 0.2) is 30.5 Å². The van der Waals surface area contributed by atoms with E-state index in [9.17, 15) is 4.79 Å². The standard InChI is InChI=1S/C17H20N4O3/c1-23-9-11-15(10-5-7-24-16(10)11)19-17(22)14-8-13(20-21-14)12-4-2-3-6-18-12/h2-4,6,8,10-11,15-16H,5,7,9H2,1H3,(H,19,22)(H,20,21)/t10-,11+,15-,16-/m0/s1. The fraction of sp³-hybridized carbons (Fsp3) is 0.471. The highest BCUT2D eigenvalue weighted by molar-refractivity contribution is 5.93. The van der Waals surface area contributed by atoms with Crippen molar-refractivity contribution in [1.29, 1.82) is 0 Å². The minimum atomic E-state index is -0.152. The molecule has 0 aromatic carbocycles. The van der Waals surface area contributed by atoms with E-state index in [1.54, 1.807) is 19.4 Å². The molecule has 2 N–H and O–H groups in total. The Morgan fingerprint density at radius 2 is 2.38 bits per heavy atom. The maximum absolute atomic E-state index is 12.5. The molecule has 0 spiro atoms. The van der Waals surface area contributed by atoms with Crippen LogP contribution < -0.4 is 5.32 Å². The summed E-state index contributed by atoms with van der Waals surface area (Å²) in [5, 5.41) is 10.1. The maximum Gasteiger partial charge on any atom is 0.269 e. The predicted molar refractivity (Wildman–Crippen MR) is 86.3 cm³/mol. The van der Waals surface area contributed by atoms with Gasteiger partial charge in [-0.05, 0) is 24.6 Å². The summed E-state index contributed by atoms with van der Waals surface area (Å²) >= 11 is 0. The number of hydrogen-bond acceptors (Lipinski definition) is 5. The van der Waals surface area contributed by atoms with Gasteiger partial charge in [-0.2, -0.15) is 5.10 Å². The molecule has 1 aliphatic heterocycles. The van der Waals surface area contributed by atoms with Gasteiger partial charge in [0.05, 0.1) is 18.4 Å². The molecule has 0 radical (unpaired) electrons. The number of amides is 1. The summed E-state index contributed by atoms with van der Waals surface area (Å²) in [6, 6.07) is 7.41. The van der Waals surface area contributed by atoms with E-state index >= 15 is 0 Å². The summed E-state index contributed by atoms with van der Waals surface area (Å²) in [5.41, 5.74) is 1.83. The third kappa shape index (κ3) is 2.59. The topological polar surface area (TPSA) is 89.1 Å². The van der Waals surface area contributed by atoms with Gasteiger partial charge in [0, 0.05) is 37.8 Å². The second-order valence-electron chi connectivity index (χ2n) is 6.29. The first-order valence-corrected chi connectivity index (χ1v) is 8.16. The zero-order valence-corrected chi connectivity index (χ0v) is 13.4. The summed E-state index contributed by atoms with van der Waals surface area (Å²) in [6.45, 7) is 1.35. The Labute approximate surface area is 139 Å². The molecule has 126 valence electrons. The minimum Gasteiger partial charge on any atom is -0.384 e. The van der Waals surface area contributed by atoms with Crippen molar-refractivity contribution < 1.29 is 14.3 Å². The minimum absolute atomic E-state index is 0.0894. The molecule has 4 rings (SSSR count). The number of nitrogens with zero attached hydrogens (tertiary/aromatic N) is 2. The van der Waals surface area contributed by atoms with Gasteiger partial charge < -0.3 is 14.8 Å². The number of fused-ring (bicyclic) bond motifs is 1. The van der Waals surface area contributed by atoms with Crippen LogP contribution in [-0.4, -0.2) is 53.6 Å². The van der Waals surface area contributed by atoms with Crippen molar-refractivity contribution in [3.05, 3.63) is 36.2 Å². The molecule has 7 heteroatoms. The number of pyridine rings is 1. The summed E-state index contributed by atoms with van der Waals surface area (Å²) in [6.07, 6.45) is 2.90. The van der Waals surface area contributed by atoms with Gasteiger partial charge in [0.1, 0.15) is 11.4 Å². The average molecular weight is 328 g/mol. The monoisotopic (exact) mass is 328 g/mol. The van der Waals surface area contributed by atoms with Gasteiger partial charge in [-0.15, -0.1) is 0 Å². The summed E-state index contributed by atoms with van der Waals surface area (Å²) in [5.74, 6) is 0.443. The number of aromatic amines is 1. The van der Waals surface area contributed by atoms with Crippen molar-refractivity contribution in [1.82, 2.24) is 20.5 Å². The molecule has 0 bridgehead atoms. The first kappa shape index (κ1) is 15.3. The lowest BCUT2D eigenvalue weighted by Crippen LogP contribution is -2.62. The molecule has 2 aromatic heterocycles. The molecule has 2 fully saturated rings. The molecule has 0 unspecified atom stereocenters. The highest BCUT2D eigenvalue weighted by atomic mass is 16.5. The number of hydrogen-bond donors (Lipinski definition) is 2. The van der Waals surface area contributed by atoms with Crippen molar-refractivity contribution in [2.45, 2.75) is 18.6 Å². The Kier molecular flexibility index (Phi) is 4.03. The third-order valence-electron chi connectivity index (χ3n) is 4.93. The number of rotatable bonds is 5. The zero-order chi connectivity index (χ0) is 16.5. The largest absolute Gasteiger partial charge is 0.384 e. The lowest BCUT2D eigenvalue weighted by molar-refractivity contribution is -0.0810. The number of carbonyl (C=O) groups is 1. The van der Waals surface area contributed by atoms with Crippen molar-refractivity contribution >= 4 is 5.91 Å². The lowest BCUT2D eigenvalue weighted by atomic mass is 9.67. The van der Waals surface area contributed by atoms with Gasteiger partial charge in [-0.1, -0.05) is 6.07 Å². The van der Waals surface area contributed by atoms with Gasteiger partial charge in [0.25, 0.3) is 5.91 Å². The van der Waals surface area contributed by atoms with E-state index in [4.69, 9.17) is 9.47 Å². The molecule has 1 aliphatic carbocycles. The fourth-order valence-corrected chi connectivity index (χ4v) is 3.75. The molecule has 1 saturated heterocycles. The van der Waals surface area contributed by atoms with E-state index in [1.165, 1.54) is 0 Å². The molecular weight excluding hydrogens is 308 g/mol. The second-order valence-corrected chi connectivity index (χ2v) is 6.29. The first-order chi connectivity index (χ1) is 11.8. The number of H-pyrrole nitrogens is 1. The Bertz CT molecular complexity index is 718. The van der Waals surface area contributed by atoms with Crippen LogP contribution in [0.4, 0.5) is 0 Å². The average Bonchev–Trinajstić information content (AvgIpc) is 3.26. The molecule has 1 saturated carbocycles. The van der Waals surface area contributed by atoms with E-state index in [-0.39, 0.29) is 24.0 Å². The number of nitrogens with one attached hydrogen (secondary N) is 2. The van der Waals surface area contributed by atoms with Crippen molar-refractivity contribution in [2.75, 3.05) is 20.3 Å². The summed E-state index contributed by atoms with van der Waals surface area (Å²) in [7, 11) is 1.68. The lowest BCUT2D eigenvalue weighted by Gasteiger charge is -2.47. The molecule has 2 aromatic rings. The number of aromatic nitrogens is 3. The Morgan fingerprint density at radius 1 is 1.46 bits per heavy atom. The third-order valence-corrected chi connectivity index (χ3v) is 4.93. The van der Waals surface area contributed by atoms with Gasteiger partial charge >= 0.3 is 0 Å². The molecule has 4 atom stereocenters. The van der Waals surface area contributed by atoms with Crippen LogP contribution in [0.5, 0.6) is 0 Å². The predicted octanol–water partition coefficient (Wildman–Crippen LogP) is 1.25. The van der Waals surface area contributed by atoms with E-state index in [1.807, 2.05) is 18.2 Å². The molecular formula is C17H20N4O3. The van der Waals surface area contributed by atoms with Crippen LogP contribution in [0.2, 0.25) is 0 Å². The van der Waals surface area contributed by atoms with Crippen molar-refractivity contribution in [2.24, 2.45) is 11.8 Å². The Hall–Kier alpha value is -2.25. The number of carbonyl (C=O) groups excluding carboxylic acids is 1. The summed E-state index contributed by atoms with van der Waals surface area (Å²) in [4.78, 5) is 16.8. The van der Waals surface area contributed by atoms with Crippen LogP contribution in [0.1, 0.15) is 16.9 Å². The highest BCUT2D eigenvalue weighted by Crippen LogP contribution is 2.43. The molecule has 2 aliphatic rings. The normalized spacial score (nSPS) is 28.2. The smallest absolute Gasteiger partial charge is 0.269 e. The van der Waals surface area contributed by atoms with Gasteiger partial charge in [-0.25, -0.2) is 0 Å². The second kappa shape index (κ2) is 6.33. The van der Waals surface area contributed by atoms with Crippen LogP contribution in [-0.2, 0) is 9.47 Å². The number of ether oxygens (including phenoxy) is 2. The van der Waals surface area contributed by atoms with Crippen molar-refractivity contribution in [3.8, 4) is 11.4 Å². The van der Waals surface area contributed by atoms with Crippen LogP contribution in [0, 0.1) is 11.8 Å². The van der Waals surface area contributed by atoms with Gasteiger partial charge in [0.2, 0.25) is 0 Å². The highest BCUT2D eigenvalue weighted by Gasteiger charge is 2.54. The molecule has 7 nitrogen and oxygen atoms in total.